The largest absolute Gasteiger partial charge is 0.486 e. The van der Waals surface area contributed by atoms with Gasteiger partial charge in [0, 0.05) is 12.6 Å². The highest BCUT2D eigenvalue weighted by atomic mass is 16.5. The summed E-state index contributed by atoms with van der Waals surface area (Å²) >= 11 is 0. The summed E-state index contributed by atoms with van der Waals surface area (Å²) in [5.74, 6) is 1.01. The fourth-order valence-electron chi connectivity index (χ4n) is 2.34. The smallest absolute Gasteiger partial charge is 0.143 e. The fraction of sp³-hybridized carbons (Fsp3) is 0.600. The second-order valence-electron chi connectivity index (χ2n) is 5.19. The van der Waals surface area contributed by atoms with Crippen LogP contribution >= 0.6 is 0 Å². The third-order valence-electron chi connectivity index (χ3n) is 3.61. The molecule has 0 radical (unpaired) electrons. The van der Waals surface area contributed by atoms with Crippen LogP contribution in [0.25, 0.3) is 0 Å². The lowest BCUT2D eigenvalue weighted by molar-refractivity contribution is 0.188. The van der Waals surface area contributed by atoms with Crippen molar-refractivity contribution in [3.05, 3.63) is 23.8 Å². The summed E-state index contributed by atoms with van der Waals surface area (Å²) < 4.78 is 6.02. The Kier molecular flexibility index (Phi) is 4.12. The van der Waals surface area contributed by atoms with Crippen molar-refractivity contribution in [2.75, 3.05) is 18.0 Å². The minimum atomic E-state index is 0.231. The van der Waals surface area contributed by atoms with Crippen LogP contribution in [0.15, 0.2) is 18.2 Å². The minimum Gasteiger partial charge on any atom is -0.486 e. The first-order valence-electron chi connectivity index (χ1n) is 6.91. The third kappa shape index (κ3) is 2.78. The number of benzene rings is 1. The Balaban J connectivity index is 2.25. The molecule has 0 saturated heterocycles. The van der Waals surface area contributed by atoms with E-state index in [1.807, 2.05) is 0 Å². The third-order valence-corrected chi connectivity index (χ3v) is 3.61. The standard InChI is InChI=1S/C15H24N2O/c1-4-12(16)9-17-10-13(5-2)18-15-8-11(3)6-7-14(15)17/h6-8,12-13H,4-5,9-10,16H2,1-3H3. The van der Waals surface area contributed by atoms with E-state index in [0.717, 1.165) is 31.7 Å². The zero-order chi connectivity index (χ0) is 13.1. The highest BCUT2D eigenvalue weighted by Gasteiger charge is 2.25. The monoisotopic (exact) mass is 248 g/mol. The van der Waals surface area contributed by atoms with Gasteiger partial charge in [0.1, 0.15) is 11.9 Å². The summed E-state index contributed by atoms with van der Waals surface area (Å²) in [5.41, 5.74) is 8.53. The van der Waals surface area contributed by atoms with Crippen LogP contribution in [0.5, 0.6) is 5.75 Å². The first-order chi connectivity index (χ1) is 8.63. The van der Waals surface area contributed by atoms with Crippen LogP contribution in [0.1, 0.15) is 32.3 Å². The molecular formula is C15H24N2O. The molecule has 2 atom stereocenters. The predicted octanol–water partition coefficient (Wildman–Crippen LogP) is 2.71. The predicted molar refractivity (Wildman–Crippen MR) is 76.4 cm³/mol. The number of nitrogens with zero attached hydrogens (tertiary/aromatic N) is 1. The molecule has 1 aromatic rings. The summed E-state index contributed by atoms with van der Waals surface area (Å²) in [6, 6.07) is 6.65. The maximum Gasteiger partial charge on any atom is 0.143 e. The van der Waals surface area contributed by atoms with Gasteiger partial charge in [-0.05, 0) is 37.5 Å². The average molecular weight is 248 g/mol. The highest BCUT2D eigenvalue weighted by molar-refractivity contribution is 5.61. The van der Waals surface area contributed by atoms with E-state index in [0.29, 0.717) is 0 Å². The van der Waals surface area contributed by atoms with Crippen molar-refractivity contribution in [1.82, 2.24) is 0 Å². The van der Waals surface area contributed by atoms with Gasteiger partial charge in [0.15, 0.2) is 0 Å². The molecular weight excluding hydrogens is 224 g/mol. The number of ether oxygens (including phenoxy) is 1. The van der Waals surface area contributed by atoms with E-state index in [9.17, 15) is 0 Å². The summed E-state index contributed by atoms with van der Waals surface area (Å²) in [5, 5.41) is 0. The second kappa shape index (κ2) is 5.61. The van der Waals surface area contributed by atoms with Crippen molar-refractivity contribution in [3.63, 3.8) is 0 Å². The molecule has 100 valence electrons. The molecule has 1 aliphatic heterocycles. The molecule has 0 fully saturated rings. The van der Waals surface area contributed by atoms with E-state index in [1.165, 1.54) is 11.3 Å². The summed E-state index contributed by atoms with van der Waals surface area (Å²) in [6.45, 7) is 8.26. The molecule has 0 saturated carbocycles. The van der Waals surface area contributed by atoms with Crippen molar-refractivity contribution in [3.8, 4) is 5.75 Å². The summed E-state index contributed by atoms with van der Waals surface area (Å²) in [7, 11) is 0. The Morgan fingerprint density at radius 3 is 2.89 bits per heavy atom. The van der Waals surface area contributed by atoms with Crippen molar-refractivity contribution in [2.24, 2.45) is 5.73 Å². The van der Waals surface area contributed by atoms with E-state index in [1.54, 1.807) is 0 Å². The highest BCUT2D eigenvalue weighted by Crippen LogP contribution is 2.34. The molecule has 1 heterocycles. The molecule has 3 nitrogen and oxygen atoms in total. The average Bonchev–Trinajstić information content (AvgIpc) is 2.37. The van der Waals surface area contributed by atoms with Crippen LogP contribution in [-0.4, -0.2) is 25.2 Å². The zero-order valence-electron chi connectivity index (χ0n) is 11.6. The minimum absolute atomic E-state index is 0.231. The lowest BCUT2D eigenvalue weighted by Gasteiger charge is -2.37. The number of rotatable bonds is 4. The van der Waals surface area contributed by atoms with E-state index in [2.05, 4.69) is 43.9 Å². The number of nitrogens with two attached hydrogens (primary N) is 1. The Bertz CT molecular complexity index is 405. The van der Waals surface area contributed by atoms with Crippen molar-refractivity contribution < 1.29 is 4.74 Å². The Labute approximate surface area is 110 Å². The maximum absolute atomic E-state index is 6.10. The Morgan fingerprint density at radius 1 is 1.44 bits per heavy atom. The van der Waals surface area contributed by atoms with Gasteiger partial charge >= 0.3 is 0 Å². The van der Waals surface area contributed by atoms with Gasteiger partial charge in [-0.2, -0.15) is 0 Å². The molecule has 1 aromatic carbocycles. The lowest BCUT2D eigenvalue weighted by Crippen LogP contribution is -2.45. The molecule has 0 aliphatic carbocycles. The van der Waals surface area contributed by atoms with Crippen LogP contribution in [0.4, 0.5) is 5.69 Å². The second-order valence-corrected chi connectivity index (χ2v) is 5.19. The van der Waals surface area contributed by atoms with Crippen LogP contribution in [0.2, 0.25) is 0 Å². The molecule has 0 aromatic heterocycles. The van der Waals surface area contributed by atoms with Gasteiger partial charge in [0.05, 0.1) is 12.2 Å². The van der Waals surface area contributed by atoms with Crippen molar-refractivity contribution in [1.29, 1.82) is 0 Å². The van der Waals surface area contributed by atoms with Crippen molar-refractivity contribution in [2.45, 2.75) is 45.8 Å². The summed E-state index contributed by atoms with van der Waals surface area (Å²) in [6.07, 6.45) is 2.32. The first kappa shape index (κ1) is 13.2. The van der Waals surface area contributed by atoms with Crippen LogP contribution in [0, 0.1) is 6.92 Å². The Morgan fingerprint density at radius 2 is 2.22 bits per heavy atom. The fourth-order valence-corrected chi connectivity index (χ4v) is 2.34. The molecule has 0 amide bonds. The zero-order valence-corrected chi connectivity index (χ0v) is 11.6. The molecule has 2 rings (SSSR count). The molecule has 2 unspecified atom stereocenters. The molecule has 0 spiro atoms. The SMILES string of the molecule is CCC(N)CN1CC(CC)Oc2cc(C)ccc21. The van der Waals surface area contributed by atoms with E-state index >= 15 is 0 Å². The van der Waals surface area contributed by atoms with Gasteiger partial charge in [0.2, 0.25) is 0 Å². The normalized spacial score (nSPS) is 20.2. The number of fused-ring (bicyclic) bond motifs is 1. The van der Waals surface area contributed by atoms with E-state index in [-0.39, 0.29) is 12.1 Å². The summed E-state index contributed by atoms with van der Waals surface area (Å²) in [4.78, 5) is 2.38. The number of aryl methyl sites for hydroxylation is 1. The number of hydrogen-bond donors (Lipinski definition) is 1. The van der Waals surface area contributed by atoms with Gasteiger partial charge in [-0.25, -0.2) is 0 Å². The number of anilines is 1. The maximum atomic E-state index is 6.10. The topological polar surface area (TPSA) is 38.5 Å². The molecule has 1 aliphatic rings. The van der Waals surface area contributed by atoms with Gasteiger partial charge < -0.3 is 15.4 Å². The lowest BCUT2D eigenvalue weighted by atomic mass is 10.1. The van der Waals surface area contributed by atoms with Gasteiger partial charge in [-0.1, -0.05) is 19.9 Å². The Hall–Kier alpha value is -1.22. The quantitative estimate of drug-likeness (QED) is 0.890. The van der Waals surface area contributed by atoms with Gasteiger partial charge in [-0.15, -0.1) is 0 Å². The van der Waals surface area contributed by atoms with Gasteiger partial charge in [-0.3, -0.25) is 0 Å². The van der Waals surface area contributed by atoms with Crippen LogP contribution < -0.4 is 15.4 Å². The van der Waals surface area contributed by atoms with Crippen LogP contribution in [0.3, 0.4) is 0 Å². The number of hydrogen-bond acceptors (Lipinski definition) is 3. The van der Waals surface area contributed by atoms with Gasteiger partial charge in [0.25, 0.3) is 0 Å². The van der Waals surface area contributed by atoms with E-state index < -0.39 is 0 Å². The van der Waals surface area contributed by atoms with Crippen molar-refractivity contribution >= 4 is 5.69 Å². The van der Waals surface area contributed by atoms with Crippen LogP contribution in [-0.2, 0) is 0 Å². The first-order valence-corrected chi connectivity index (χ1v) is 6.91. The van der Waals surface area contributed by atoms with E-state index in [4.69, 9.17) is 10.5 Å². The molecule has 0 bridgehead atoms. The molecule has 3 heteroatoms. The molecule has 18 heavy (non-hydrogen) atoms. The molecule has 2 N–H and O–H groups in total.